The van der Waals surface area contributed by atoms with Gasteiger partial charge in [-0.15, -0.1) is 0 Å². The predicted octanol–water partition coefficient (Wildman–Crippen LogP) is 3.90. The predicted molar refractivity (Wildman–Crippen MR) is 98.6 cm³/mol. The Morgan fingerprint density at radius 1 is 1.24 bits per heavy atom. The second-order valence-corrected chi connectivity index (χ2v) is 5.97. The Labute approximate surface area is 151 Å². The summed E-state index contributed by atoms with van der Waals surface area (Å²) in [6.45, 7) is 3.47. The fourth-order valence-electron chi connectivity index (χ4n) is 2.36. The van der Waals surface area contributed by atoms with Crippen LogP contribution >= 0.6 is 11.6 Å². The lowest BCUT2D eigenvalue weighted by atomic mass is 10.1. The summed E-state index contributed by atoms with van der Waals surface area (Å²) in [4.78, 5) is 25.5. The summed E-state index contributed by atoms with van der Waals surface area (Å²) in [5, 5.41) is 12.5. The van der Waals surface area contributed by atoms with Crippen LogP contribution in [0.4, 0.5) is 11.4 Å². The number of carbonyl (C=O) groups excluding carboxylic acids is 2. The smallest absolute Gasteiger partial charge is 0.226 e. The number of benzene rings is 2. The van der Waals surface area contributed by atoms with Crippen LogP contribution in [0.1, 0.15) is 24.5 Å². The molecule has 0 heterocycles. The van der Waals surface area contributed by atoms with E-state index >= 15 is 0 Å². The molecule has 0 saturated heterocycles. The average molecular weight is 356 g/mol. The number of hydrogen-bond donors (Lipinski definition) is 1. The first-order chi connectivity index (χ1) is 11.9. The number of amides is 2. The SMILES string of the molecule is CC(=O)N(CCC(=O)Nc1ccc(C)c(Cl)c1)c1ccccc1C#N. The first kappa shape index (κ1) is 18.5. The van der Waals surface area contributed by atoms with E-state index in [1.165, 1.54) is 11.8 Å². The van der Waals surface area contributed by atoms with Crippen molar-refractivity contribution in [2.24, 2.45) is 0 Å². The lowest BCUT2D eigenvalue weighted by molar-refractivity contribution is -0.117. The third-order valence-corrected chi connectivity index (χ3v) is 4.12. The van der Waals surface area contributed by atoms with Gasteiger partial charge in [0, 0.05) is 30.6 Å². The lowest BCUT2D eigenvalue weighted by Gasteiger charge is -2.22. The molecule has 0 fully saturated rings. The second-order valence-electron chi connectivity index (χ2n) is 5.56. The minimum atomic E-state index is -0.236. The Morgan fingerprint density at radius 3 is 2.60 bits per heavy atom. The Bertz CT molecular complexity index is 843. The number of hydrogen-bond acceptors (Lipinski definition) is 3. The summed E-state index contributed by atoms with van der Waals surface area (Å²) >= 11 is 6.04. The maximum atomic E-state index is 12.2. The first-order valence-electron chi connectivity index (χ1n) is 7.75. The summed E-state index contributed by atoms with van der Waals surface area (Å²) in [5.41, 5.74) is 2.43. The summed E-state index contributed by atoms with van der Waals surface area (Å²) in [5.74, 6) is -0.463. The van der Waals surface area contributed by atoms with Crippen LogP contribution in [0, 0.1) is 18.3 Å². The van der Waals surface area contributed by atoms with Crippen LogP contribution in [0.2, 0.25) is 5.02 Å². The number of rotatable bonds is 5. The summed E-state index contributed by atoms with van der Waals surface area (Å²) in [6, 6.07) is 14.1. The third kappa shape index (κ3) is 4.82. The fourth-order valence-corrected chi connectivity index (χ4v) is 2.54. The van der Waals surface area contributed by atoms with Gasteiger partial charge in [-0.05, 0) is 36.8 Å². The van der Waals surface area contributed by atoms with E-state index in [2.05, 4.69) is 11.4 Å². The van der Waals surface area contributed by atoms with E-state index < -0.39 is 0 Å². The van der Waals surface area contributed by atoms with Gasteiger partial charge in [-0.2, -0.15) is 5.26 Å². The van der Waals surface area contributed by atoms with Crippen molar-refractivity contribution in [1.29, 1.82) is 5.26 Å². The van der Waals surface area contributed by atoms with E-state index in [1.807, 2.05) is 13.0 Å². The van der Waals surface area contributed by atoms with Crippen LogP contribution in [-0.4, -0.2) is 18.4 Å². The van der Waals surface area contributed by atoms with Crippen molar-refractivity contribution in [3.63, 3.8) is 0 Å². The molecule has 0 aromatic heterocycles. The monoisotopic (exact) mass is 355 g/mol. The lowest BCUT2D eigenvalue weighted by Crippen LogP contribution is -2.32. The number of halogens is 1. The van der Waals surface area contributed by atoms with E-state index in [4.69, 9.17) is 11.6 Å². The average Bonchev–Trinajstić information content (AvgIpc) is 2.58. The number of carbonyl (C=O) groups is 2. The quantitative estimate of drug-likeness (QED) is 0.883. The molecule has 1 N–H and O–H groups in total. The molecule has 5 nitrogen and oxygen atoms in total. The molecular weight excluding hydrogens is 338 g/mol. The third-order valence-electron chi connectivity index (χ3n) is 3.71. The van der Waals surface area contributed by atoms with Crippen molar-refractivity contribution in [3.05, 3.63) is 58.6 Å². The van der Waals surface area contributed by atoms with Gasteiger partial charge >= 0.3 is 0 Å². The number of aryl methyl sites for hydroxylation is 1. The van der Waals surface area contributed by atoms with Gasteiger partial charge in [-0.3, -0.25) is 9.59 Å². The van der Waals surface area contributed by atoms with E-state index in [9.17, 15) is 14.9 Å². The van der Waals surface area contributed by atoms with Crippen molar-refractivity contribution < 1.29 is 9.59 Å². The Morgan fingerprint density at radius 2 is 1.96 bits per heavy atom. The minimum absolute atomic E-state index is 0.102. The molecule has 0 unspecified atom stereocenters. The van der Waals surface area contributed by atoms with Crippen LogP contribution in [0.15, 0.2) is 42.5 Å². The second kappa shape index (κ2) is 8.32. The molecule has 0 spiro atoms. The molecule has 0 bridgehead atoms. The van der Waals surface area contributed by atoms with Gasteiger partial charge in [0.25, 0.3) is 0 Å². The molecule has 2 amide bonds. The number of nitrogens with one attached hydrogen (secondary N) is 1. The van der Waals surface area contributed by atoms with E-state index in [-0.39, 0.29) is 24.8 Å². The molecule has 128 valence electrons. The van der Waals surface area contributed by atoms with Crippen molar-refractivity contribution in [3.8, 4) is 6.07 Å². The molecule has 0 aliphatic rings. The molecule has 0 aliphatic carbocycles. The first-order valence-corrected chi connectivity index (χ1v) is 8.13. The van der Waals surface area contributed by atoms with E-state index in [1.54, 1.807) is 36.4 Å². The van der Waals surface area contributed by atoms with Gasteiger partial charge in [0.2, 0.25) is 11.8 Å². The Hall–Kier alpha value is -2.84. The molecule has 6 heteroatoms. The van der Waals surface area contributed by atoms with Crippen LogP contribution < -0.4 is 10.2 Å². The number of nitriles is 1. The highest BCUT2D eigenvalue weighted by Gasteiger charge is 2.16. The van der Waals surface area contributed by atoms with Crippen LogP contribution in [-0.2, 0) is 9.59 Å². The molecule has 2 aromatic rings. The zero-order valence-electron chi connectivity index (χ0n) is 14.0. The molecule has 25 heavy (non-hydrogen) atoms. The van der Waals surface area contributed by atoms with Crippen LogP contribution in [0.25, 0.3) is 0 Å². The maximum Gasteiger partial charge on any atom is 0.226 e. The van der Waals surface area contributed by atoms with Gasteiger partial charge in [0.05, 0.1) is 11.3 Å². The van der Waals surface area contributed by atoms with Crippen LogP contribution in [0.3, 0.4) is 0 Å². The fraction of sp³-hybridized carbons (Fsp3) is 0.211. The number of para-hydroxylation sites is 1. The molecule has 0 radical (unpaired) electrons. The van der Waals surface area contributed by atoms with Crippen LogP contribution in [0.5, 0.6) is 0 Å². The topological polar surface area (TPSA) is 73.2 Å². The van der Waals surface area contributed by atoms with E-state index in [0.717, 1.165) is 5.56 Å². The minimum Gasteiger partial charge on any atom is -0.326 e. The Balaban J connectivity index is 2.06. The molecular formula is C19H18ClN3O2. The van der Waals surface area contributed by atoms with Crippen molar-refractivity contribution in [1.82, 2.24) is 0 Å². The maximum absolute atomic E-state index is 12.2. The summed E-state index contributed by atoms with van der Waals surface area (Å²) in [6.07, 6.45) is 0.102. The van der Waals surface area contributed by atoms with Gasteiger partial charge in [-0.25, -0.2) is 0 Å². The highest BCUT2D eigenvalue weighted by molar-refractivity contribution is 6.31. The van der Waals surface area contributed by atoms with Gasteiger partial charge in [0.15, 0.2) is 0 Å². The van der Waals surface area contributed by atoms with E-state index in [0.29, 0.717) is 22.0 Å². The van der Waals surface area contributed by atoms with Gasteiger partial charge < -0.3 is 10.2 Å². The summed E-state index contributed by atoms with van der Waals surface area (Å²) in [7, 11) is 0. The normalized spacial score (nSPS) is 10.0. The number of anilines is 2. The van der Waals surface area contributed by atoms with Gasteiger partial charge in [0.1, 0.15) is 6.07 Å². The molecule has 2 aromatic carbocycles. The van der Waals surface area contributed by atoms with Crippen molar-refractivity contribution >= 4 is 34.8 Å². The highest BCUT2D eigenvalue weighted by Crippen LogP contribution is 2.21. The summed E-state index contributed by atoms with van der Waals surface area (Å²) < 4.78 is 0. The van der Waals surface area contributed by atoms with Gasteiger partial charge in [-0.1, -0.05) is 29.8 Å². The highest BCUT2D eigenvalue weighted by atomic mass is 35.5. The zero-order valence-corrected chi connectivity index (χ0v) is 14.8. The molecule has 0 atom stereocenters. The Kier molecular flexibility index (Phi) is 6.15. The van der Waals surface area contributed by atoms with Crippen molar-refractivity contribution in [2.45, 2.75) is 20.3 Å². The molecule has 0 aliphatic heterocycles. The standard InChI is InChI=1S/C19H18ClN3O2/c1-13-7-8-16(11-17(13)20)22-19(25)9-10-23(14(2)24)18-6-4-3-5-15(18)12-21/h3-8,11H,9-10H2,1-2H3,(H,22,25). The zero-order chi connectivity index (χ0) is 18.4. The molecule has 2 rings (SSSR count). The number of nitrogens with zero attached hydrogens (tertiary/aromatic N) is 2. The van der Waals surface area contributed by atoms with Crippen molar-refractivity contribution in [2.75, 3.05) is 16.8 Å². The molecule has 0 saturated carbocycles. The largest absolute Gasteiger partial charge is 0.326 e.